The summed E-state index contributed by atoms with van der Waals surface area (Å²) in [6, 6.07) is 7.22. The first-order chi connectivity index (χ1) is 12.1. The van der Waals surface area contributed by atoms with Crippen molar-refractivity contribution in [2.24, 2.45) is 5.10 Å². The number of methoxy groups -OCH3 is 1. The van der Waals surface area contributed by atoms with Crippen LogP contribution in [-0.4, -0.2) is 44.5 Å². The molecule has 0 spiro atoms. The van der Waals surface area contributed by atoms with Crippen molar-refractivity contribution < 1.29 is 14.2 Å². The normalized spacial score (nSPS) is 11.0. The predicted octanol–water partition coefficient (Wildman–Crippen LogP) is 0.313. The van der Waals surface area contributed by atoms with Crippen molar-refractivity contribution in [3.63, 3.8) is 0 Å². The fourth-order valence-electron chi connectivity index (χ4n) is 2.02. The number of rotatable bonds is 5. The molecule has 0 saturated heterocycles. The number of nitrogens with two attached hydrogens (primary N) is 1. The zero-order chi connectivity index (χ0) is 17.8. The Morgan fingerprint density at radius 3 is 3.00 bits per heavy atom. The van der Waals surface area contributed by atoms with Crippen LogP contribution in [0.5, 0.6) is 5.75 Å². The summed E-state index contributed by atoms with van der Waals surface area (Å²) in [7, 11) is 1.57. The van der Waals surface area contributed by atoms with E-state index in [9.17, 15) is 4.79 Å². The van der Waals surface area contributed by atoms with Crippen LogP contribution >= 0.6 is 0 Å². The highest BCUT2D eigenvalue weighted by Gasteiger charge is 2.20. The van der Waals surface area contributed by atoms with Crippen LogP contribution in [0.1, 0.15) is 21.7 Å². The molecule has 0 bridgehead atoms. The molecule has 3 N–H and O–H groups in total. The monoisotopic (exact) mass is 342 g/mol. The highest BCUT2D eigenvalue weighted by Crippen LogP contribution is 2.14. The van der Waals surface area contributed by atoms with E-state index in [0.29, 0.717) is 11.4 Å². The van der Waals surface area contributed by atoms with Crippen LogP contribution in [0.3, 0.4) is 0 Å². The standard InChI is InChI=1S/C14H14N8O3/c1-8-11(17-21-22(8)13-12(15)19-25-20-13)14(23)18-16-7-9-4-3-5-10(6-9)24-2/h3-7H,1-2H3,(H2,15,19)(H,18,23)/b16-7+. The third-order valence-corrected chi connectivity index (χ3v) is 3.28. The van der Waals surface area contributed by atoms with E-state index in [4.69, 9.17) is 10.5 Å². The van der Waals surface area contributed by atoms with Crippen molar-refractivity contribution >= 4 is 17.9 Å². The quantitative estimate of drug-likeness (QED) is 0.497. The Morgan fingerprint density at radius 1 is 1.44 bits per heavy atom. The number of carbonyl (C=O) groups is 1. The van der Waals surface area contributed by atoms with Gasteiger partial charge in [0.15, 0.2) is 5.69 Å². The fraction of sp³-hybridized carbons (Fsp3) is 0.143. The molecule has 128 valence electrons. The van der Waals surface area contributed by atoms with Gasteiger partial charge in [-0.05, 0) is 34.9 Å². The summed E-state index contributed by atoms with van der Waals surface area (Å²) in [5.74, 6) is 0.353. The van der Waals surface area contributed by atoms with Crippen LogP contribution in [0.15, 0.2) is 34.0 Å². The van der Waals surface area contributed by atoms with Crippen LogP contribution in [0.2, 0.25) is 0 Å². The number of hydrogen-bond donors (Lipinski definition) is 2. The molecular weight excluding hydrogens is 328 g/mol. The third kappa shape index (κ3) is 3.29. The lowest BCUT2D eigenvalue weighted by Crippen LogP contribution is -2.19. The van der Waals surface area contributed by atoms with E-state index in [1.54, 1.807) is 20.1 Å². The molecule has 0 aliphatic rings. The molecule has 25 heavy (non-hydrogen) atoms. The van der Waals surface area contributed by atoms with Gasteiger partial charge in [0.05, 0.1) is 19.0 Å². The number of nitrogen functional groups attached to an aromatic ring is 1. The van der Waals surface area contributed by atoms with E-state index in [1.807, 2.05) is 18.2 Å². The smallest absolute Gasteiger partial charge is 0.293 e. The Morgan fingerprint density at radius 2 is 2.28 bits per heavy atom. The highest BCUT2D eigenvalue weighted by atomic mass is 16.6. The molecule has 0 fully saturated rings. The molecule has 0 unspecified atom stereocenters. The number of carbonyl (C=O) groups excluding carboxylic acids is 1. The van der Waals surface area contributed by atoms with Crippen molar-refractivity contribution in [1.82, 2.24) is 30.7 Å². The first-order valence-corrected chi connectivity index (χ1v) is 7.08. The lowest BCUT2D eigenvalue weighted by molar-refractivity contribution is 0.0949. The van der Waals surface area contributed by atoms with Gasteiger partial charge < -0.3 is 10.5 Å². The van der Waals surface area contributed by atoms with E-state index in [0.717, 1.165) is 5.56 Å². The fourth-order valence-corrected chi connectivity index (χ4v) is 2.02. The molecule has 11 nitrogen and oxygen atoms in total. The van der Waals surface area contributed by atoms with E-state index in [-0.39, 0.29) is 17.3 Å². The maximum absolute atomic E-state index is 12.2. The molecular formula is C14H14N8O3. The molecule has 11 heteroatoms. The molecule has 2 heterocycles. The average Bonchev–Trinajstić information content (AvgIpc) is 3.20. The molecule has 0 radical (unpaired) electrons. The van der Waals surface area contributed by atoms with Crippen LogP contribution in [0, 0.1) is 6.92 Å². The molecule has 0 atom stereocenters. The second kappa shape index (κ2) is 6.78. The second-order valence-corrected chi connectivity index (χ2v) is 4.88. The first-order valence-electron chi connectivity index (χ1n) is 7.08. The maximum Gasteiger partial charge on any atom is 0.293 e. The van der Waals surface area contributed by atoms with E-state index in [1.165, 1.54) is 10.9 Å². The number of anilines is 1. The SMILES string of the molecule is COc1cccc(/C=N/NC(=O)c2nnn(-c3nonc3N)c2C)c1. The predicted molar refractivity (Wildman–Crippen MR) is 86.4 cm³/mol. The Kier molecular flexibility index (Phi) is 4.37. The van der Waals surface area contributed by atoms with E-state index < -0.39 is 5.91 Å². The zero-order valence-electron chi connectivity index (χ0n) is 13.4. The van der Waals surface area contributed by atoms with Crippen molar-refractivity contribution in [3.8, 4) is 11.6 Å². The summed E-state index contributed by atoms with van der Waals surface area (Å²) in [5.41, 5.74) is 9.24. The van der Waals surface area contributed by atoms with Gasteiger partial charge in [-0.3, -0.25) is 4.79 Å². The molecule has 3 aromatic rings. The molecule has 1 aromatic carbocycles. The Hall–Kier alpha value is -3.76. The van der Waals surface area contributed by atoms with Gasteiger partial charge in [-0.2, -0.15) is 9.78 Å². The summed E-state index contributed by atoms with van der Waals surface area (Å²) in [5, 5.41) is 18.6. The lowest BCUT2D eigenvalue weighted by Gasteiger charge is -2.00. The average molecular weight is 342 g/mol. The number of amides is 1. The molecule has 0 aliphatic carbocycles. The van der Waals surface area contributed by atoms with Gasteiger partial charge in [0, 0.05) is 0 Å². The second-order valence-electron chi connectivity index (χ2n) is 4.88. The number of nitrogens with zero attached hydrogens (tertiary/aromatic N) is 6. The van der Waals surface area contributed by atoms with Crippen LogP contribution in [-0.2, 0) is 0 Å². The van der Waals surface area contributed by atoms with Gasteiger partial charge in [-0.25, -0.2) is 10.1 Å². The van der Waals surface area contributed by atoms with Crippen LogP contribution in [0.4, 0.5) is 5.82 Å². The number of hydrazone groups is 1. The van der Waals surface area contributed by atoms with Crippen molar-refractivity contribution in [2.45, 2.75) is 6.92 Å². The summed E-state index contributed by atoms with van der Waals surface area (Å²) in [4.78, 5) is 12.2. The molecule has 3 rings (SSSR count). The molecule has 0 saturated carbocycles. The van der Waals surface area contributed by atoms with Gasteiger partial charge in [0.2, 0.25) is 11.6 Å². The number of nitrogens with one attached hydrogen (secondary N) is 1. The maximum atomic E-state index is 12.2. The van der Waals surface area contributed by atoms with Gasteiger partial charge in [0.1, 0.15) is 5.75 Å². The van der Waals surface area contributed by atoms with Gasteiger partial charge in [0.25, 0.3) is 5.91 Å². The molecule has 0 aliphatic heterocycles. The number of aromatic nitrogens is 5. The number of benzene rings is 1. The minimum Gasteiger partial charge on any atom is -0.497 e. The minimum absolute atomic E-state index is 0.0380. The van der Waals surface area contributed by atoms with E-state index in [2.05, 4.69) is 35.8 Å². The van der Waals surface area contributed by atoms with Crippen molar-refractivity contribution in [2.75, 3.05) is 12.8 Å². The van der Waals surface area contributed by atoms with Gasteiger partial charge in [-0.1, -0.05) is 17.3 Å². The third-order valence-electron chi connectivity index (χ3n) is 3.28. The Bertz CT molecular complexity index is 930. The summed E-state index contributed by atoms with van der Waals surface area (Å²) in [6.45, 7) is 1.63. The lowest BCUT2D eigenvalue weighted by atomic mass is 10.2. The summed E-state index contributed by atoms with van der Waals surface area (Å²) < 4.78 is 10.9. The van der Waals surface area contributed by atoms with Crippen LogP contribution in [0.25, 0.3) is 5.82 Å². The van der Waals surface area contributed by atoms with Gasteiger partial charge in [-0.15, -0.1) is 5.10 Å². The van der Waals surface area contributed by atoms with E-state index >= 15 is 0 Å². The van der Waals surface area contributed by atoms with Crippen molar-refractivity contribution in [1.29, 1.82) is 0 Å². The number of hydrogen-bond acceptors (Lipinski definition) is 9. The first kappa shape index (κ1) is 16.1. The Labute approximate surface area is 141 Å². The largest absolute Gasteiger partial charge is 0.497 e. The van der Waals surface area contributed by atoms with Gasteiger partial charge >= 0.3 is 0 Å². The number of ether oxygens (including phenoxy) is 1. The van der Waals surface area contributed by atoms with Crippen molar-refractivity contribution in [3.05, 3.63) is 41.2 Å². The zero-order valence-corrected chi connectivity index (χ0v) is 13.4. The summed E-state index contributed by atoms with van der Waals surface area (Å²) >= 11 is 0. The Balaban J connectivity index is 1.73. The molecule has 2 aromatic heterocycles. The topological polar surface area (TPSA) is 146 Å². The molecule has 1 amide bonds. The highest BCUT2D eigenvalue weighted by molar-refractivity contribution is 5.94. The minimum atomic E-state index is -0.530. The summed E-state index contributed by atoms with van der Waals surface area (Å²) in [6.07, 6.45) is 1.49. The van der Waals surface area contributed by atoms with Crippen LogP contribution < -0.4 is 15.9 Å².